The molecule has 0 fully saturated rings. The van der Waals surface area contributed by atoms with Gasteiger partial charge >= 0.3 is 11.9 Å². The molecular formula is C14H15ClFNO4. The Balaban J connectivity index is 2.93. The summed E-state index contributed by atoms with van der Waals surface area (Å²) >= 11 is 5.63. The number of carbonyl (C=O) groups is 2. The number of hydrogen-bond acceptors (Lipinski definition) is 5. The van der Waals surface area contributed by atoms with Crippen LogP contribution in [0.15, 0.2) is 30.0 Å². The Labute approximate surface area is 126 Å². The van der Waals surface area contributed by atoms with Crippen LogP contribution in [0, 0.1) is 5.82 Å². The van der Waals surface area contributed by atoms with Gasteiger partial charge in [0, 0.05) is 11.9 Å². The van der Waals surface area contributed by atoms with Gasteiger partial charge in [0.05, 0.1) is 18.2 Å². The molecule has 0 aliphatic heterocycles. The lowest BCUT2D eigenvalue weighted by Gasteiger charge is -2.08. The molecule has 0 radical (unpaired) electrons. The van der Waals surface area contributed by atoms with Crippen molar-refractivity contribution in [2.75, 3.05) is 18.5 Å². The molecule has 0 aromatic heterocycles. The highest BCUT2D eigenvalue weighted by atomic mass is 35.5. The molecule has 0 aliphatic rings. The summed E-state index contributed by atoms with van der Waals surface area (Å²) in [6, 6.07) is 3.89. The Bertz CT molecular complexity index is 540. The van der Waals surface area contributed by atoms with E-state index < -0.39 is 17.8 Å². The third-order valence-corrected chi connectivity index (χ3v) is 2.58. The van der Waals surface area contributed by atoms with E-state index in [-0.39, 0.29) is 23.8 Å². The largest absolute Gasteiger partial charge is 0.462 e. The van der Waals surface area contributed by atoms with Crippen molar-refractivity contribution in [3.05, 3.63) is 40.8 Å². The minimum Gasteiger partial charge on any atom is -0.462 e. The van der Waals surface area contributed by atoms with Gasteiger partial charge in [-0.05, 0) is 32.0 Å². The van der Waals surface area contributed by atoms with E-state index in [9.17, 15) is 14.0 Å². The van der Waals surface area contributed by atoms with Crippen LogP contribution in [0.25, 0.3) is 0 Å². The summed E-state index contributed by atoms with van der Waals surface area (Å²) in [5.41, 5.74) is 0.117. The van der Waals surface area contributed by atoms with Crippen LogP contribution in [0.4, 0.5) is 10.1 Å². The standard InChI is InChI=1S/C14H15ClFNO4/c1-3-20-13(18)10(14(19)21-4-2)8-17-9-5-6-12(16)11(15)7-9/h5-8,17H,3-4H2,1-2H3. The molecule has 0 atom stereocenters. The van der Waals surface area contributed by atoms with Crippen molar-refractivity contribution in [2.24, 2.45) is 0 Å². The van der Waals surface area contributed by atoms with Crippen LogP contribution in [0.2, 0.25) is 5.02 Å². The topological polar surface area (TPSA) is 64.6 Å². The summed E-state index contributed by atoms with van der Waals surface area (Å²) < 4.78 is 22.6. The van der Waals surface area contributed by atoms with Gasteiger partial charge in [-0.2, -0.15) is 0 Å². The Kier molecular flexibility index (Phi) is 6.68. The van der Waals surface area contributed by atoms with Crippen molar-refractivity contribution in [3.63, 3.8) is 0 Å². The van der Waals surface area contributed by atoms with Crippen molar-refractivity contribution in [2.45, 2.75) is 13.8 Å². The molecule has 0 amide bonds. The number of hydrogen-bond donors (Lipinski definition) is 1. The zero-order chi connectivity index (χ0) is 15.8. The molecule has 0 saturated carbocycles. The summed E-state index contributed by atoms with van der Waals surface area (Å²) in [4.78, 5) is 23.4. The number of halogens is 2. The molecule has 0 unspecified atom stereocenters. The van der Waals surface area contributed by atoms with Gasteiger partial charge in [-0.1, -0.05) is 11.6 Å². The third kappa shape index (κ3) is 5.07. The van der Waals surface area contributed by atoms with Crippen LogP contribution < -0.4 is 5.32 Å². The molecule has 114 valence electrons. The first-order valence-electron chi connectivity index (χ1n) is 6.25. The molecule has 1 aromatic carbocycles. The van der Waals surface area contributed by atoms with Crippen molar-refractivity contribution in [3.8, 4) is 0 Å². The van der Waals surface area contributed by atoms with E-state index in [1.54, 1.807) is 13.8 Å². The quantitative estimate of drug-likeness (QED) is 0.378. The van der Waals surface area contributed by atoms with Gasteiger partial charge < -0.3 is 14.8 Å². The monoisotopic (exact) mass is 315 g/mol. The maximum atomic E-state index is 13.0. The predicted molar refractivity (Wildman–Crippen MR) is 76.4 cm³/mol. The zero-order valence-corrected chi connectivity index (χ0v) is 12.4. The smallest absolute Gasteiger partial charge is 0.347 e. The Morgan fingerprint density at radius 3 is 2.29 bits per heavy atom. The molecule has 7 heteroatoms. The molecule has 5 nitrogen and oxygen atoms in total. The summed E-state index contributed by atoms with van der Waals surface area (Å²) in [5, 5.41) is 2.60. The number of nitrogens with one attached hydrogen (secondary N) is 1. The summed E-state index contributed by atoms with van der Waals surface area (Å²) in [7, 11) is 0. The van der Waals surface area contributed by atoms with E-state index in [0.29, 0.717) is 5.69 Å². The average molecular weight is 316 g/mol. The maximum absolute atomic E-state index is 13.0. The molecule has 1 aromatic rings. The lowest BCUT2D eigenvalue weighted by Crippen LogP contribution is -2.19. The number of anilines is 1. The van der Waals surface area contributed by atoms with Crippen LogP contribution in [-0.2, 0) is 19.1 Å². The SMILES string of the molecule is CCOC(=O)C(=CNc1ccc(F)c(Cl)c1)C(=O)OCC. The second-order valence-electron chi connectivity index (χ2n) is 3.77. The lowest BCUT2D eigenvalue weighted by molar-refractivity contribution is -0.146. The summed E-state index contributed by atoms with van der Waals surface area (Å²) in [6.45, 7) is 3.48. The van der Waals surface area contributed by atoms with Crippen LogP contribution in [-0.4, -0.2) is 25.2 Å². The molecule has 0 aliphatic carbocycles. The van der Waals surface area contributed by atoms with Gasteiger partial charge in [-0.3, -0.25) is 0 Å². The first-order chi connectivity index (χ1) is 9.99. The number of carbonyl (C=O) groups excluding carboxylic acids is 2. The van der Waals surface area contributed by atoms with Gasteiger partial charge in [0.15, 0.2) is 5.57 Å². The van der Waals surface area contributed by atoms with Crippen molar-refractivity contribution in [1.82, 2.24) is 0 Å². The van der Waals surface area contributed by atoms with E-state index >= 15 is 0 Å². The highest BCUT2D eigenvalue weighted by Crippen LogP contribution is 2.19. The van der Waals surface area contributed by atoms with Crippen LogP contribution in [0.3, 0.4) is 0 Å². The van der Waals surface area contributed by atoms with E-state index in [2.05, 4.69) is 5.32 Å². The number of ether oxygens (including phenoxy) is 2. The van der Waals surface area contributed by atoms with E-state index in [1.807, 2.05) is 0 Å². The fourth-order valence-corrected chi connectivity index (χ4v) is 1.54. The normalized spacial score (nSPS) is 9.71. The van der Waals surface area contributed by atoms with Gasteiger partial charge in [0.2, 0.25) is 0 Å². The minimum absolute atomic E-state index is 0.0813. The molecule has 1 N–H and O–H groups in total. The van der Waals surface area contributed by atoms with Gasteiger partial charge in [0.1, 0.15) is 5.82 Å². The highest BCUT2D eigenvalue weighted by Gasteiger charge is 2.20. The van der Waals surface area contributed by atoms with E-state index in [4.69, 9.17) is 21.1 Å². The fourth-order valence-electron chi connectivity index (χ4n) is 1.36. The van der Waals surface area contributed by atoms with Crippen molar-refractivity contribution >= 4 is 29.2 Å². The predicted octanol–water partition coefficient (Wildman–Crippen LogP) is 2.90. The zero-order valence-electron chi connectivity index (χ0n) is 11.6. The Hall–Kier alpha value is -2.08. The summed E-state index contributed by atoms with van der Waals surface area (Å²) in [5.74, 6) is -2.18. The Morgan fingerprint density at radius 1 is 1.24 bits per heavy atom. The number of rotatable bonds is 6. The molecule has 21 heavy (non-hydrogen) atoms. The van der Waals surface area contributed by atoms with Crippen LogP contribution in [0.5, 0.6) is 0 Å². The highest BCUT2D eigenvalue weighted by molar-refractivity contribution is 6.31. The molecule has 0 bridgehead atoms. The van der Waals surface area contributed by atoms with E-state index in [0.717, 1.165) is 12.3 Å². The fraction of sp³-hybridized carbons (Fsp3) is 0.286. The molecule has 1 rings (SSSR count). The molecular weight excluding hydrogens is 301 g/mol. The average Bonchev–Trinajstić information content (AvgIpc) is 2.43. The Morgan fingerprint density at radius 2 is 1.81 bits per heavy atom. The van der Waals surface area contributed by atoms with Gasteiger partial charge in [0.25, 0.3) is 0 Å². The lowest BCUT2D eigenvalue weighted by atomic mass is 10.2. The molecule has 0 heterocycles. The minimum atomic E-state index is -0.809. The second kappa shape index (κ2) is 8.26. The first-order valence-corrected chi connectivity index (χ1v) is 6.63. The summed E-state index contributed by atoms with van der Waals surface area (Å²) in [6.07, 6.45) is 1.14. The van der Waals surface area contributed by atoms with E-state index in [1.165, 1.54) is 12.1 Å². The number of benzene rings is 1. The van der Waals surface area contributed by atoms with Gasteiger partial charge in [-0.15, -0.1) is 0 Å². The number of esters is 2. The maximum Gasteiger partial charge on any atom is 0.347 e. The molecule has 0 saturated heterocycles. The first kappa shape index (κ1) is 17.0. The second-order valence-corrected chi connectivity index (χ2v) is 4.18. The van der Waals surface area contributed by atoms with Crippen molar-refractivity contribution in [1.29, 1.82) is 0 Å². The van der Waals surface area contributed by atoms with Crippen molar-refractivity contribution < 1.29 is 23.5 Å². The van der Waals surface area contributed by atoms with Crippen LogP contribution >= 0.6 is 11.6 Å². The molecule has 0 spiro atoms. The van der Waals surface area contributed by atoms with Gasteiger partial charge in [-0.25, -0.2) is 14.0 Å². The third-order valence-electron chi connectivity index (χ3n) is 2.29. The van der Waals surface area contributed by atoms with Crippen LogP contribution in [0.1, 0.15) is 13.8 Å².